The van der Waals surface area contributed by atoms with Crippen LogP contribution in [-0.4, -0.2) is 10.2 Å². The lowest BCUT2D eigenvalue weighted by Crippen LogP contribution is -1.95. The molecule has 3 nitrogen and oxygen atoms in total. The lowest BCUT2D eigenvalue weighted by atomic mass is 10.0. The summed E-state index contributed by atoms with van der Waals surface area (Å²) in [6, 6.07) is 8.14. The lowest BCUT2D eigenvalue weighted by Gasteiger charge is -2.08. The van der Waals surface area contributed by atoms with Gasteiger partial charge in [-0.05, 0) is 22.8 Å². The van der Waals surface area contributed by atoms with E-state index in [1.54, 1.807) is 6.20 Å². The topological polar surface area (TPSA) is 37.9 Å². The maximum atomic E-state index is 6.36. The Morgan fingerprint density at radius 1 is 1.25 bits per heavy atom. The molecule has 1 unspecified atom stereocenters. The molecular weight excluding hydrogens is 224 g/mol. The number of nitrogens with zero attached hydrogens (tertiary/aromatic N) is 1. The van der Waals surface area contributed by atoms with Crippen LogP contribution in [0.4, 0.5) is 0 Å². The number of alkyl halides is 1. The first-order chi connectivity index (χ1) is 7.84. The molecule has 82 valence electrons. The minimum absolute atomic E-state index is 0.173. The molecule has 1 aliphatic rings. The molecule has 1 aromatic heterocycles. The first-order valence-corrected chi connectivity index (χ1v) is 5.61. The predicted molar refractivity (Wildman–Crippen MR) is 61.2 cm³/mol. The van der Waals surface area contributed by atoms with Crippen molar-refractivity contribution in [1.82, 2.24) is 10.2 Å². The average molecular weight is 235 g/mol. The molecule has 1 aliphatic heterocycles. The van der Waals surface area contributed by atoms with E-state index in [0.29, 0.717) is 13.2 Å². The van der Waals surface area contributed by atoms with Crippen molar-refractivity contribution >= 4 is 11.6 Å². The van der Waals surface area contributed by atoms with Gasteiger partial charge in [-0.1, -0.05) is 18.2 Å². The molecule has 3 rings (SSSR count). The summed E-state index contributed by atoms with van der Waals surface area (Å²) < 4.78 is 5.38. The first-order valence-electron chi connectivity index (χ1n) is 5.17. The third-order valence-electron chi connectivity index (χ3n) is 2.83. The molecular formula is C12H11ClN2O. The van der Waals surface area contributed by atoms with Crippen LogP contribution in [0.15, 0.2) is 30.5 Å². The van der Waals surface area contributed by atoms with Gasteiger partial charge in [-0.2, -0.15) is 5.10 Å². The van der Waals surface area contributed by atoms with Crippen LogP contribution in [0.1, 0.15) is 27.8 Å². The maximum Gasteiger partial charge on any atom is 0.100 e. The summed E-state index contributed by atoms with van der Waals surface area (Å²) in [6.07, 6.45) is 1.71. The van der Waals surface area contributed by atoms with Crippen molar-refractivity contribution in [2.75, 3.05) is 0 Å². The van der Waals surface area contributed by atoms with Crippen molar-refractivity contribution in [2.24, 2.45) is 0 Å². The number of aromatic nitrogens is 2. The van der Waals surface area contributed by atoms with Crippen molar-refractivity contribution in [3.8, 4) is 0 Å². The average Bonchev–Trinajstić information content (AvgIpc) is 2.98. The molecule has 2 aromatic rings. The fourth-order valence-electron chi connectivity index (χ4n) is 1.94. The van der Waals surface area contributed by atoms with E-state index < -0.39 is 0 Å². The van der Waals surface area contributed by atoms with Gasteiger partial charge in [-0.15, -0.1) is 11.6 Å². The second-order valence-corrected chi connectivity index (χ2v) is 4.33. The van der Waals surface area contributed by atoms with E-state index in [0.717, 1.165) is 11.3 Å². The SMILES string of the molecule is ClC(c1ccc2c(c1)COC2)c1ccn[nH]1. The summed E-state index contributed by atoms with van der Waals surface area (Å²) in [5.74, 6) is 0. The largest absolute Gasteiger partial charge is 0.372 e. The highest BCUT2D eigenvalue weighted by Gasteiger charge is 2.16. The molecule has 0 aliphatic carbocycles. The molecule has 0 spiro atoms. The van der Waals surface area contributed by atoms with Crippen LogP contribution >= 0.6 is 11.6 Å². The van der Waals surface area contributed by atoms with E-state index >= 15 is 0 Å². The molecule has 1 N–H and O–H groups in total. The fraction of sp³-hybridized carbons (Fsp3) is 0.250. The monoisotopic (exact) mass is 234 g/mol. The van der Waals surface area contributed by atoms with E-state index in [9.17, 15) is 0 Å². The van der Waals surface area contributed by atoms with Crippen molar-refractivity contribution in [3.05, 3.63) is 52.8 Å². The molecule has 0 saturated carbocycles. The molecule has 2 heterocycles. The zero-order chi connectivity index (χ0) is 11.0. The summed E-state index contributed by atoms with van der Waals surface area (Å²) in [6.45, 7) is 1.41. The van der Waals surface area contributed by atoms with Crippen LogP contribution in [0.25, 0.3) is 0 Å². The minimum atomic E-state index is -0.173. The van der Waals surface area contributed by atoms with Gasteiger partial charge in [-0.25, -0.2) is 0 Å². The van der Waals surface area contributed by atoms with Gasteiger partial charge in [0.25, 0.3) is 0 Å². The van der Waals surface area contributed by atoms with Gasteiger partial charge in [0.2, 0.25) is 0 Å². The fourth-order valence-corrected chi connectivity index (χ4v) is 2.19. The molecule has 1 aromatic carbocycles. The highest BCUT2D eigenvalue weighted by Crippen LogP contribution is 2.30. The number of H-pyrrole nitrogens is 1. The number of benzene rings is 1. The molecule has 0 radical (unpaired) electrons. The van der Waals surface area contributed by atoms with Crippen molar-refractivity contribution in [3.63, 3.8) is 0 Å². The second kappa shape index (κ2) is 3.92. The number of halogens is 1. The zero-order valence-electron chi connectivity index (χ0n) is 8.61. The van der Waals surface area contributed by atoms with Crippen molar-refractivity contribution in [2.45, 2.75) is 18.6 Å². The van der Waals surface area contributed by atoms with Crippen LogP contribution < -0.4 is 0 Å². The van der Waals surface area contributed by atoms with E-state index in [1.165, 1.54) is 11.1 Å². The number of aromatic amines is 1. The third-order valence-corrected chi connectivity index (χ3v) is 3.32. The Balaban J connectivity index is 1.95. The predicted octanol–water partition coefficient (Wildman–Crippen LogP) is 2.77. The lowest BCUT2D eigenvalue weighted by molar-refractivity contribution is 0.134. The van der Waals surface area contributed by atoms with E-state index in [-0.39, 0.29) is 5.38 Å². The van der Waals surface area contributed by atoms with E-state index in [1.807, 2.05) is 12.1 Å². The van der Waals surface area contributed by atoms with Crippen LogP contribution in [0.3, 0.4) is 0 Å². The molecule has 1 atom stereocenters. The van der Waals surface area contributed by atoms with Crippen LogP contribution in [0.5, 0.6) is 0 Å². The van der Waals surface area contributed by atoms with E-state index in [4.69, 9.17) is 16.3 Å². The molecule has 0 fully saturated rings. The Bertz CT molecular complexity index is 496. The van der Waals surface area contributed by atoms with Gasteiger partial charge in [0.05, 0.1) is 18.9 Å². The van der Waals surface area contributed by atoms with Crippen LogP contribution in [0.2, 0.25) is 0 Å². The van der Waals surface area contributed by atoms with Gasteiger partial charge in [0.15, 0.2) is 0 Å². The Labute approximate surface area is 98.4 Å². The summed E-state index contributed by atoms with van der Waals surface area (Å²) in [4.78, 5) is 0. The molecule has 4 heteroatoms. The summed E-state index contributed by atoms with van der Waals surface area (Å²) >= 11 is 6.36. The summed E-state index contributed by atoms with van der Waals surface area (Å²) in [5, 5.41) is 6.62. The summed E-state index contributed by atoms with van der Waals surface area (Å²) in [7, 11) is 0. The zero-order valence-corrected chi connectivity index (χ0v) is 9.37. The number of hydrogen-bond donors (Lipinski definition) is 1. The maximum absolute atomic E-state index is 6.36. The van der Waals surface area contributed by atoms with Gasteiger partial charge in [-0.3, -0.25) is 5.10 Å². The van der Waals surface area contributed by atoms with Gasteiger partial charge < -0.3 is 4.74 Å². The highest BCUT2D eigenvalue weighted by atomic mass is 35.5. The van der Waals surface area contributed by atoms with Gasteiger partial charge in [0.1, 0.15) is 5.38 Å². The Hall–Kier alpha value is -1.32. The first kappa shape index (κ1) is 9.87. The number of hydrogen-bond acceptors (Lipinski definition) is 2. The van der Waals surface area contributed by atoms with Crippen LogP contribution in [-0.2, 0) is 18.0 Å². The molecule has 0 bridgehead atoms. The highest BCUT2D eigenvalue weighted by molar-refractivity contribution is 6.22. The van der Waals surface area contributed by atoms with Gasteiger partial charge >= 0.3 is 0 Å². The molecule has 16 heavy (non-hydrogen) atoms. The molecule has 0 amide bonds. The Kier molecular flexibility index (Phi) is 2.42. The third kappa shape index (κ3) is 1.62. The Morgan fingerprint density at radius 2 is 2.12 bits per heavy atom. The number of nitrogens with one attached hydrogen (secondary N) is 1. The van der Waals surface area contributed by atoms with Crippen molar-refractivity contribution < 1.29 is 4.74 Å². The van der Waals surface area contributed by atoms with E-state index in [2.05, 4.69) is 22.3 Å². The summed E-state index contributed by atoms with van der Waals surface area (Å²) in [5.41, 5.74) is 4.50. The normalized spacial score (nSPS) is 16.1. The van der Waals surface area contributed by atoms with Crippen LogP contribution in [0, 0.1) is 0 Å². The standard InChI is InChI=1S/C12H11ClN2O/c13-12(11-3-4-14-15-11)8-1-2-9-6-16-7-10(9)5-8/h1-5,12H,6-7H2,(H,14,15). The Morgan fingerprint density at radius 3 is 2.94 bits per heavy atom. The molecule has 0 saturated heterocycles. The number of fused-ring (bicyclic) bond motifs is 1. The number of ether oxygens (including phenoxy) is 1. The smallest absolute Gasteiger partial charge is 0.100 e. The van der Waals surface area contributed by atoms with Gasteiger partial charge in [0, 0.05) is 6.20 Å². The van der Waals surface area contributed by atoms with Crippen molar-refractivity contribution in [1.29, 1.82) is 0 Å². The minimum Gasteiger partial charge on any atom is -0.372 e. The number of rotatable bonds is 2. The quantitative estimate of drug-likeness (QED) is 0.812. The second-order valence-electron chi connectivity index (χ2n) is 3.90.